The summed E-state index contributed by atoms with van der Waals surface area (Å²) in [5.74, 6) is 0.613. The number of carbonyl (C=O) groups excluding carboxylic acids is 3. The topological polar surface area (TPSA) is 116 Å². The molecule has 1 fully saturated rings. The Balaban J connectivity index is 2.32. The van der Waals surface area contributed by atoms with E-state index in [1.165, 1.54) is 0 Å². The van der Waals surface area contributed by atoms with Crippen LogP contribution in [0.2, 0.25) is 0 Å². The van der Waals surface area contributed by atoms with Crippen LogP contribution in [0, 0.1) is 5.92 Å². The minimum absolute atomic E-state index is 0.0627. The van der Waals surface area contributed by atoms with E-state index in [0.717, 1.165) is 0 Å². The normalized spacial score (nSPS) is 17.3. The number of nitrogens with zero attached hydrogens (tertiary/aromatic N) is 2. The van der Waals surface area contributed by atoms with E-state index in [-0.39, 0.29) is 36.6 Å². The number of hydrogen-bond acceptors (Lipinski definition) is 8. The first-order valence-corrected chi connectivity index (χ1v) is 14.3. The Morgan fingerprint density at radius 1 is 1.05 bits per heavy atom. The molecular formula is C30H49N3O8. The van der Waals surface area contributed by atoms with E-state index in [1.807, 2.05) is 48.5 Å². The van der Waals surface area contributed by atoms with Crippen LogP contribution in [0.15, 0.2) is 18.2 Å². The van der Waals surface area contributed by atoms with Crippen molar-refractivity contribution in [3.63, 3.8) is 0 Å². The first kappa shape index (κ1) is 34.0. The number of benzene rings is 1. The second-order valence-electron chi connectivity index (χ2n) is 11.9. The van der Waals surface area contributed by atoms with Gasteiger partial charge in [-0.3, -0.25) is 4.79 Å². The predicted octanol–water partition coefficient (Wildman–Crippen LogP) is 4.72. The molecule has 1 N–H and O–H groups in total. The maximum absolute atomic E-state index is 14.0. The predicted molar refractivity (Wildman–Crippen MR) is 156 cm³/mol. The highest BCUT2D eigenvalue weighted by atomic mass is 16.6. The summed E-state index contributed by atoms with van der Waals surface area (Å²) in [5, 5.41) is 2.72. The molecule has 232 valence electrons. The van der Waals surface area contributed by atoms with Gasteiger partial charge in [-0.05, 0) is 73.1 Å². The summed E-state index contributed by atoms with van der Waals surface area (Å²) in [7, 11) is 3.18. The molecule has 2 atom stereocenters. The van der Waals surface area contributed by atoms with Crippen molar-refractivity contribution in [1.82, 2.24) is 15.1 Å². The maximum Gasteiger partial charge on any atom is 0.410 e. The molecule has 11 heteroatoms. The van der Waals surface area contributed by atoms with E-state index in [1.54, 1.807) is 42.2 Å². The van der Waals surface area contributed by atoms with Crippen LogP contribution in [-0.4, -0.2) is 98.7 Å². The summed E-state index contributed by atoms with van der Waals surface area (Å²) >= 11 is 0. The molecule has 41 heavy (non-hydrogen) atoms. The molecule has 0 bridgehead atoms. The monoisotopic (exact) mass is 579 g/mol. The molecule has 0 aliphatic carbocycles. The first-order chi connectivity index (χ1) is 19.2. The second-order valence-corrected chi connectivity index (χ2v) is 11.9. The van der Waals surface area contributed by atoms with Crippen molar-refractivity contribution in [3.05, 3.63) is 23.8 Å². The number of ether oxygens (including phenoxy) is 5. The number of piperidine rings is 1. The lowest BCUT2D eigenvalue weighted by Gasteiger charge is -2.44. The van der Waals surface area contributed by atoms with Gasteiger partial charge in [-0.2, -0.15) is 0 Å². The zero-order chi connectivity index (χ0) is 30.7. The zero-order valence-corrected chi connectivity index (χ0v) is 26.2. The standard InChI is InChI=1S/C30H49N3O8/c1-20(2)31-28(35)40-19-22-15-24(18-32(17-22)29(36)41-30(5,6)7)33(21(3)4)27(34)23-11-12-25(38-9)26(16-23)39-14-10-13-37-8/h11-12,16,20-22,24H,10,13-15,17-19H2,1-9H3,(H,31,35)/t22-,24?/m0/s1. The molecule has 11 nitrogen and oxygen atoms in total. The van der Waals surface area contributed by atoms with Gasteiger partial charge in [0.15, 0.2) is 11.5 Å². The number of nitrogens with one attached hydrogen (secondary N) is 1. The molecule has 0 spiro atoms. The number of hydrogen-bond donors (Lipinski definition) is 1. The molecule has 0 saturated carbocycles. The minimum Gasteiger partial charge on any atom is -0.493 e. The molecule has 1 heterocycles. The third kappa shape index (κ3) is 10.9. The van der Waals surface area contributed by atoms with Crippen molar-refractivity contribution in [2.45, 2.75) is 85.0 Å². The lowest BCUT2D eigenvalue weighted by Crippen LogP contribution is -2.57. The van der Waals surface area contributed by atoms with Gasteiger partial charge in [-0.25, -0.2) is 9.59 Å². The fourth-order valence-electron chi connectivity index (χ4n) is 4.72. The smallest absolute Gasteiger partial charge is 0.410 e. The zero-order valence-electron chi connectivity index (χ0n) is 26.2. The van der Waals surface area contributed by atoms with Crippen molar-refractivity contribution in [1.29, 1.82) is 0 Å². The number of alkyl carbamates (subject to hydrolysis) is 1. The van der Waals surface area contributed by atoms with Gasteiger partial charge in [0.05, 0.1) is 26.4 Å². The van der Waals surface area contributed by atoms with Crippen LogP contribution in [-0.2, 0) is 14.2 Å². The van der Waals surface area contributed by atoms with Crippen LogP contribution in [0.4, 0.5) is 9.59 Å². The van der Waals surface area contributed by atoms with Crippen LogP contribution in [0.3, 0.4) is 0 Å². The highest BCUT2D eigenvalue weighted by Crippen LogP contribution is 2.31. The number of amides is 3. The Labute approximate surface area is 244 Å². The molecule has 1 aliphatic rings. The second kappa shape index (κ2) is 15.7. The minimum atomic E-state index is -0.677. The van der Waals surface area contributed by atoms with Crippen molar-refractivity contribution < 1.29 is 38.1 Å². The van der Waals surface area contributed by atoms with Crippen LogP contribution in [0.1, 0.15) is 71.7 Å². The highest BCUT2D eigenvalue weighted by Gasteiger charge is 2.38. The first-order valence-electron chi connectivity index (χ1n) is 14.3. The maximum atomic E-state index is 14.0. The van der Waals surface area contributed by atoms with E-state index in [4.69, 9.17) is 23.7 Å². The van der Waals surface area contributed by atoms with Gasteiger partial charge < -0.3 is 38.8 Å². The third-order valence-corrected chi connectivity index (χ3v) is 6.37. The van der Waals surface area contributed by atoms with Crippen molar-refractivity contribution in [2.75, 3.05) is 47.1 Å². The van der Waals surface area contributed by atoms with Gasteiger partial charge >= 0.3 is 12.2 Å². The molecule has 1 aromatic carbocycles. The van der Waals surface area contributed by atoms with Gasteiger partial charge in [0, 0.05) is 56.8 Å². The number of methoxy groups -OCH3 is 2. The van der Waals surface area contributed by atoms with Crippen molar-refractivity contribution >= 4 is 18.1 Å². The fraction of sp³-hybridized carbons (Fsp3) is 0.700. The summed E-state index contributed by atoms with van der Waals surface area (Å²) in [4.78, 5) is 42.7. The van der Waals surface area contributed by atoms with Crippen LogP contribution in [0.5, 0.6) is 11.5 Å². The van der Waals surface area contributed by atoms with Crippen molar-refractivity contribution in [3.8, 4) is 11.5 Å². The molecule has 1 unspecified atom stereocenters. The van der Waals surface area contributed by atoms with Crippen LogP contribution in [0.25, 0.3) is 0 Å². The number of likely N-dealkylation sites (tertiary alicyclic amines) is 1. The average molecular weight is 580 g/mol. The van der Waals surface area contributed by atoms with E-state index in [9.17, 15) is 14.4 Å². The van der Waals surface area contributed by atoms with Gasteiger partial charge in [0.2, 0.25) is 0 Å². The van der Waals surface area contributed by atoms with Crippen LogP contribution < -0.4 is 14.8 Å². The Bertz CT molecular complexity index is 1010. The number of rotatable bonds is 12. The lowest BCUT2D eigenvalue weighted by atomic mass is 9.92. The highest BCUT2D eigenvalue weighted by molar-refractivity contribution is 5.95. The number of carbonyl (C=O) groups is 3. The van der Waals surface area contributed by atoms with E-state index in [0.29, 0.717) is 56.2 Å². The van der Waals surface area contributed by atoms with E-state index in [2.05, 4.69) is 5.32 Å². The molecule has 0 radical (unpaired) electrons. The largest absolute Gasteiger partial charge is 0.493 e. The fourth-order valence-corrected chi connectivity index (χ4v) is 4.72. The van der Waals surface area contributed by atoms with Gasteiger partial charge in [0.1, 0.15) is 5.60 Å². The SMILES string of the molecule is COCCCOc1cc(C(=O)N(C(C)C)C2C[C@H](COC(=O)NC(C)C)CN(C(=O)OC(C)(C)C)C2)ccc1OC. The summed E-state index contributed by atoms with van der Waals surface area (Å²) in [5.41, 5.74) is -0.233. The Morgan fingerprint density at radius 2 is 1.76 bits per heavy atom. The summed E-state index contributed by atoms with van der Waals surface area (Å²) in [6, 6.07) is 4.55. The molecular weight excluding hydrogens is 530 g/mol. The lowest BCUT2D eigenvalue weighted by molar-refractivity contribution is -0.00802. The summed E-state index contributed by atoms with van der Waals surface area (Å²) < 4.78 is 27.6. The Morgan fingerprint density at radius 3 is 2.34 bits per heavy atom. The van der Waals surface area contributed by atoms with Crippen molar-refractivity contribution in [2.24, 2.45) is 5.92 Å². The van der Waals surface area contributed by atoms with Gasteiger partial charge in [0.25, 0.3) is 5.91 Å². The molecule has 1 aromatic rings. The van der Waals surface area contributed by atoms with E-state index >= 15 is 0 Å². The Hall–Kier alpha value is -3.21. The molecule has 2 rings (SSSR count). The third-order valence-electron chi connectivity index (χ3n) is 6.37. The molecule has 1 aliphatic heterocycles. The Kier molecular flexibility index (Phi) is 13.0. The molecule has 1 saturated heterocycles. The summed E-state index contributed by atoms with van der Waals surface area (Å²) in [6.07, 6.45) is 0.261. The van der Waals surface area contributed by atoms with Crippen LogP contribution >= 0.6 is 0 Å². The van der Waals surface area contributed by atoms with Gasteiger partial charge in [-0.15, -0.1) is 0 Å². The summed E-state index contributed by atoms with van der Waals surface area (Å²) in [6.45, 7) is 14.7. The average Bonchev–Trinajstić information content (AvgIpc) is 2.88. The molecule has 3 amide bonds. The molecule has 0 aromatic heterocycles. The quantitative estimate of drug-likeness (QED) is 0.354. The van der Waals surface area contributed by atoms with E-state index < -0.39 is 17.8 Å². The van der Waals surface area contributed by atoms with Gasteiger partial charge in [-0.1, -0.05) is 0 Å².